The van der Waals surface area contributed by atoms with Crippen molar-refractivity contribution in [2.24, 2.45) is 0 Å². The van der Waals surface area contributed by atoms with E-state index < -0.39 is 0 Å². The van der Waals surface area contributed by atoms with Gasteiger partial charge in [-0.25, -0.2) is 4.98 Å². The number of carbonyl (C=O) groups is 2. The molecule has 5 nitrogen and oxygen atoms in total. The third kappa shape index (κ3) is 4.06. The van der Waals surface area contributed by atoms with Gasteiger partial charge in [-0.05, 0) is 30.5 Å². The lowest BCUT2D eigenvalue weighted by Crippen LogP contribution is -2.32. The summed E-state index contributed by atoms with van der Waals surface area (Å²) < 4.78 is 0. The molecular formula is C17H15N3O2S2. The maximum Gasteiger partial charge on any atom is 0.251 e. The second-order valence-electron chi connectivity index (χ2n) is 5.12. The van der Waals surface area contributed by atoms with Gasteiger partial charge in [-0.15, -0.1) is 22.7 Å². The highest BCUT2D eigenvalue weighted by atomic mass is 32.1. The van der Waals surface area contributed by atoms with E-state index in [9.17, 15) is 9.59 Å². The van der Waals surface area contributed by atoms with Crippen LogP contribution in [0.3, 0.4) is 0 Å². The summed E-state index contributed by atoms with van der Waals surface area (Å²) in [5.74, 6) is -0.574. The Morgan fingerprint density at radius 2 is 2.04 bits per heavy atom. The summed E-state index contributed by atoms with van der Waals surface area (Å²) in [7, 11) is 0. The van der Waals surface area contributed by atoms with E-state index in [2.05, 4.69) is 15.6 Å². The Hall–Kier alpha value is -2.51. The Bertz CT molecular complexity index is 856. The van der Waals surface area contributed by atoms with Crippen molar-refractivity contribution in [3.8, 4) is 10.6 Å². The lowest BCUT2D eigenvalue weighted by molar-refractivity contribution is -0.115. The molecule has 24 heavy (non-hydrogen) atoms. The Labute approximate surface area is 147 Å². The van der Waals surface area contributed by atoms with Crippen LogP contribution < -0.4 is 10.6 Å². The van der Waals surface area contributed by atoms with Crippen molar-refractivity contribution in [3.63, 3.8) is 0 Å². The molecule has 0 aliphatic heterocycles. The van der Waals surface area contributed by atoms with Gasteiger partial charge in [0, 0.05) is 10.9 Å². The molecule has 0 aliphatic carbocycles. The first kappa shape index (κ1) is 16.4. The number of hydrogen-bond acceptors (Lipinski definition) is 5. The number of thiazole rings is 1. The third-order valence-electron chi connectivity index (χ3n) is 3.21. The van der Waals surface area contributed by atoms with Crippen molar-refractivity contribution < 1.29 is 9.59 Å². The maximum atomic E-state index is 12.0. The zero-order valence-electron chi connectivity index (χ0n) is 12.9. The van der Waals surface area contributed by atoms with Gasteiger partial charge in [0.15, 0.2) is 5.13 Å². The van der Waals surface area contributed by atoms with Crippen LogP contribution >= 0.6 is 22.7 Å². The Balaban J connectivity index is 1.53. The van der Waals surface area contributed by atoms with E-state index in [1.807, 2.05) is 41.9 Å². The van der Waals surface area contributed by atoms with Crippen LogP contribution in [-0.4, -0.2) is 23.3 Å². The van der Waals surface area contributed by atoms with Crippen molar-refractivity contribution in [1.29, 1.82) is 0 Å². The molecule has 0 atom stereocenters. The molecule has 0 aliphatic rings. The second-order valence-corrected chi connectivity index (χ2v) is 6.92. The van der Waals surface area contributed by atoms with E-state index in [1.165, 1.54) is 11.3 Å². The Morgan fingerprint density at radius 1 is 1.17 bits per heavy atom. The summed E-state index contributed by atoms with van der Waals surface area (Å²) in [5, 5.41) is 9.71. The van der Waals surface area contributed by atoms with E-state index in [4.69, 9.17) is 0 Å². The summed E-state index contributed by atoms with van der Waals surface area (Å²) in [6.45, 7) is 1.82. The SMILES string of the molecule is Cc1cccc(C(=O)NCC(=O)Nc2nc(-c3cccs3)cs2)c1. The molecule has 0 saturated carbocycles. The van der Waals surface area contributed by atoms with Crippen molar-refractivity contribution in [3.05, 3.63) is 58.3 Å². The first-order chi connectivity index (χ1) is 11.6. The number of anilines is 1. The summed E-state index contributed by atoms with van der Waals surface area (Å²) >= 11 is 2.96. The quantitative estimate of drug-likeness (QED) is 0.733. The van der Waals surface area contributed by atoms with Gasteiger partial charge in [0.1, 0.15) is 0 Å². The van der Waals surface area contributed by atoms with Gasteiger partial charge >= 0.3 is 0 Å². The molecule has 3 aromatic rings. The van der Waals surface area contributed by atoms with E-state index in [0.717, 1.165) is 16.1 Å². The zero-order chi connectivity index (χ0) is 16.9. The van der Waals surface area contributed by atoms with Crippen LogP contribution in [-0.2, 0) is 4.79 Å². The predicted molar refractivity (Wildman–Crippen MR) is 97.6 cm³/mol. The fourth-order valence-corrected chi connectivity index (χ4v) is 3.57. The fourth-order valence-electron chi connectivity index (χ4n) is 2.08. The van der Waals surface area contributed by atoms with E-state index >= 15 is 0 Å². The molecule has 0 bridgehead atoms. The second kappa shape index (κ2) is 7.37. The van der Waals surface area contributed by atoms with Gasteiger partial charge < -0.3 is 10.6 Å². The summed E-state index contributed by atoms with van der Waals surface area (Å²) in [6.07, 6.45) is 0. The fraction of sp³-hybridized carbons (Fsp3) is 0.118. The van der Waals surface area contributed by atoms with E-state index in [1.54, 1.807) is 23.5 Å². The highest BCUT2D eigenvalue weighted by molar-refractivity contribution is 7.16. The van der Waals surface area contributed by atoms with E-state index in [-0.39, 0.29) is 18.4 Å². The average molecular weight is 357 g/mol. The minimum atomic E-state index is -0.303. The molecule has 2 aromatic heterocycles. The van der Waals surface area contributed by atoms with Crippen LogP contribution in [0.1, 0.15) is 15.9 Å². The molecule has 3 rings (SSSR count). The highest BCUT2D eigenvalue weighted by Crippen LogP contribution is 2.28. The lowest BCUT2D eigenvalue weighted by atomic mass is 10.1. The first-order valence-electron chi connectivity index (χ1n) is 7.26. The van der Waals surface area contributed by atoms with E-state index in [0.29, 0.717) is 10.7 Å². The summed E-state index contributed by atoms with van der Waals surface area (Å²) in [5.41, 5.74) is 2.38. The minimum Gasteiger partial charge on any atom is -0.343 e. The number of hydrogen-bond donors (Lipinski definition) is 2. The lowest BCUT2D eigenvalue weighted by Gasteiger charge is -2.05. The number of benzene rings is 1. The molecule has 0 unspecified atom stereocenters. The van der Waals surface area contributed by atoms with Crippen molar-refractivity contribution in [2.75, 3.05) is 11.9 Å². The molecule has 2 heterocycles. The topological polar surface area (TPSA) is 71.1 Å². The predicted octanol–water partition coefficient (Wildman–Crippen LogP) is 3.55. The number of amides is 2. The number of thiophene rings is 1. The average Bonchev–Trinajstić information content (AvgIpc) is 3.23. The molecule has 0 fully saturated rings. The van der Waals surface area contributed by atoms with Crippen LogP contribution in [0.5, 0.6) is 0 Å². The smallest absolute Gasteiger partial charge is 0.251 e. The molecule has 0 spiro atoms. The molecular weight excluding hydrogens is 342 g/mol. The molecule has 2 amide bonds. The van der Waals surface area contributed by atoms with Gasteiger partial charge in [-0.1, -0.05) is 23.8 Å². The monoisotopic (exact) mass is 357 g/mol. The van der Waals surface area contributed by atoms with Gasteiger partial charge in [0.05, 0.1) is 17.1 Å². The summed E-state index contributed by atoms with van der Waals surface area (Å²) in [6, 6.07) is 11.2. The Kier molecular flexibility index (Phi) is 5.02. The first-order valence-corrected chi connectivity index (χ1v) is 9.02. The van der Waals surface area contributed by atoms with Crippen LogP contribution in [0.4, 0.5) is 5.13 Å². The van der Waals surface area contributed by atoms with Crippen LogP contribution in [0.2, 0.25) is 0 Å². The number of carbonyl (C=O) groups excluding carboxylic acids is 2. The van der Waals surface area contributed by atoms with Gasteiger partial charge in [-0.2, -0.15) is 0 Å². The van der Waals surface area contributed by atoms with Crippen LogP contribution in [0.15, 0.2) is 47.2 Å². The largest absolute Gasteiger partial charge is 0.343 e. The van der Waals surface area contributed by atoms with Gasteiger partial charge in [-0.3, -0.25) is 9.59 Å². The molecule has 0 radical (unpaired) electrons. The maximum absolute atomic E-state index is 12.0. The van der Waals surface area contributed by atoms with Crippen molar-refractivity contribution >= 4 is 39.6 Å². The van der Waals surface area contributed by atoms with Gasteiger partial charge in [0.25, 0.3) is 5.91 Å². The summed E-state index contributed by atoms with van der Waals surface area (Å²) in [4.78, 5) is 29.4. The molecule has 0 saturated heterocycles. The van der Waals surface area contributed by atoms with Crippen molar-refractivity contribution in [1.82, 2.24) is 10.3 Å². The molecule has 1 aromatic carbocycles. The number of rotatable bonds is 5. The standard InChI is InChI=1S/C17H15N3O2S2/c1-11-4-2-5-12(8-11)16(22)18-9-15(21)20-17-19-13(10-24-17)14-6-3-7-23-14/h2-8,10H,9H2,1H3,(H,18,22)(H,19,20,21). The molecule has 122 valence electrons. The zero-order valence-corrected chi connectivity index (χ0v) is 14.5. The third-order valence-corrected chi connectivity index (χ3v) is 4.86. The number of nitrogens with zero attached hydrogens (tertiary/aromatic N) is 1. The highest BCUT2D eigenvalue weighted by Gasteiger charge is 2.11. The number of aromatic nitrogens is 1. The minimum absolute atomic E-state index is 0.0965. The Morgan fingerprint density at radius 3 is 2.79 bits per heavy atom. The number of aryl methyl sites for hydroxylation is 1. The van der Waals surface area contributed by atoms with Crippen LogP contribution in [0.25, 0.3) is 10.6 Å². The normalized spacial score (nSPS) is 10.4. The molecule has 7 heteroatoms. The molecule has 2 N–H and O–H groups in total. The van der Waals surface area contributed by atoms with Crippen molar-refractivity contribution in [2.45, 2.75) is 6.92 Å². The van der Waals surface area contributed by atoms with Gasteiger partial charge in [0.2, 0.25) is 5.91 Å². The van der Waals surface area contributed by atoms with Crippen LogP contribution in [0, 0.1) is 6.92 Å². The number of nitrogens with one attached hydrogen (secondary N) is 2.